The number of hydrogen-bond donors (Lipinski definition) is 0. The van der Waals surface area contributed by atoms with Gasteiger partial charge in [-0.25, -0.2) is 18.3 Å². The van der Waals surface area contributed by atoms with Gasteiger partial charge in [-0.1, -0.05) is 96.7 Å². The quantitative estimate of drug-likeness (QED) is 0.127. The van der Waals surface area contributed by atoms with Gasteiger partial charge >= 0.3 is 27.4 Å². The Morgan fingerprint density at radius 3 is 1.24 bits per heavy atom. The van der Waals surface area contributed by atoms with Crippen LogP contribution in [0.1, 0.15) is 58.7 Å². The first-order valence-electron chi connectivity index (χ1n) is 33.1. The molecule has 0 bridgehead atoms. The van der Waals surface area contributed by atoms with Gasteiger partial charge in [-0.15, -0.1) is 0 Å². The monoisotopic (exact) mass is 1180 g/mol. The highest BCUT2D eigenvalue weighted by Crippen LogP contribution is 2.40. The smallest absolute Gasteiger partial charge is 0.398 e. The molecule has 0 unspecified atom stereocenters. The average Bonchev–Trinajstić information content (AvgIpc) is 1.67. The molecule has 0 atom stereocenters. The zero-order valence-corrected chi connectivity index (χ0v) is 52.2. The van der Waals surface area contributed by atoms with E-state index in [0.29, 0.717) is 11.1 Å². The second kappa shape index (κ2) is 23.6. The fraction of sp³-hybridized carbons (Fsp3) is 0.178. The Kier molecular flexibility index (Phi) is 13.6. The van der Waals surface area contributed by atoms with Gasteiger partial charge in [0.15, 0.2) is 58.9 Å². The van der Waals surface area contributed by atoms with Crippen molar-refractivity contribution < 1.29 is 44.2 Å². The van der Waals surface area contributed by atoms with Crippen LogP contribution in [0.25, 0.3) is 68.2 Å². The largest absolute Gasteiger partial charge is 0.455 e. The number of benzene rings is 4. The third-order valence-electron chi connectivity index (χ3n) is 17.8. The zero-order chi connectivity index (χ0) is 66.9. The summed E-state index contributed by atoms with van der Waals surface area (Å²) in [5.74, 6) is 12.2. The summed E-state index contributed by atoms with van der Waals surface area (Å²) in [7, 11) is 16.2. The molecule has 16 heteroatoms. The molecule has 0 N–H and O–H groups in total. The maximum absolute atomic E-state index is 7.71. The van der Waals surface area contributed by atoms with Crippen molar-refractivity contribution in [2.45, 2.75) is 34.5 Å². The van der Waals surface area contributed by atoms with Crippen LogP contribution in [0.5, 0.6) is 0 Å². The number of pyridine rings is 4. The lowest BCUT2D eigenvalue weighted by Gasteiger charge is -2.26. The van der Waals surface area contributed by atoms with E-state index >= 15 is 0 Å². The Bertz CT molecular complexity index is 5080. The van der Waals surface area contributed by atoms with Crippen molar-refractivity contribution >= 4 is 141 Å². The first-order chi connectivity index (χ1) is 45.4. The van der Waals surface area contributed by atoms with E-state index in [1.165, 1.54) is 44.3 Å². The molecule has 438 valence electrons. The van der Waals surface area contributed by atoms with E-state index in [-0.39, 0.29) is 27.4 Å². The number of para-hydroxylation sites is 4. The third kappa shape index (κ3) is 10.7. The van der Waals surface area contributed by atoms with Crippen molar-refractivity contribution in [1.29, 1.82) is 0 Å². The Labute approximate surface area is 531 Å². The van der Waals surface area contributed by atoms with Crippen LogP contribution in [0.15, 0.2) is 206 Å². The first-order valence-corrected chi connectivity index (χ1v) is 30.1. The van der Waals surface area contributed by atoms with E-state index < -0.39 is 13.7 Å². The molecule has 0 saturated carbocycles. The van der Waals surface area contributed by atoms with E-state index in [2.05, 4.69) is 186 Å². The van der Waals surface area contributed by atoms with Gasteiger partial charge in [0.1, 0.15) is 62.0 Å². The second-order valence-corrected chi connectivity index (χ2v) is 23.8. The molecule has 0 saturated heterocycles. The van der Waals surface area contributed by atoms with Gasteiger partial charge in [-0.05, 0) is 140 Å². The van der Waals surface area contributed by atoms with Gasteiger partial charge < -0.3 is 36.9 Å². The molecule has 89 heavy (non-hydrogen) atoms. The molecule has 8 aromatic heterocycles. The average molecular weight is 1180 g/mol. The highest BCUT2D eigenvalue weighted by molar-refractivity contribution is 6.82. The molecule has 0 amide bonds. The van der Waals surface area contributed by atoms with E-state index in [1.54, 1.807) is 18.5 Å². The van der Waals surface area contributed by atoms with Crippen LogP contribution >= 0.6 is 0 Å². The minimum absolute atomic E-state index is 0.00198. The molecular weight excluding hydrogens is 1100 g/mol. The summed E-state index contributed by atoms with van der Waals surface area (Å²) in [5, 5.41) is 4.52. The van der Waals surface area contributed by atoms with E-state index in [1.807, 2.05) is 123 Å². The fourth-order valence-corrected chi connectivity index (χ4v) is 13.0. The number of aryl methyl sites for hydroxylation is 9. The van der Waals surface area contributed by atoms with Crippen LogP contribution in [0.3, 0.4) is 0 Å². The maximum Gasteiger partial charge on any atom is 0.398 e. The molecule has 0 spiro atoms. The van der Waals surface area contributed by atoms with E-state index in [4.69, 9.17) is 25.9 Å². The summed E-state index contributed by atoms with van der Waals surface area (Å²) in [6, 6.07) is 46.7. The topological polar surface area (TPSA) is 81.0 Å². The van der Waals surface area contributed by atoms with Crippen LogP contribution in [-0.2, 0) is 28.2 Å². The molecule has 0 aliphatic carbocycles. The summed E-state index contributed by atoms with van der Waals surface area (Å²) in [6.45, 7) is 2.27. The van der Waals surface area contributed by atoms with Gasteiger partial charge in [0, 0.05) is 82.4 Å². The lowest BCUT2D eigenvalue weighted by Crippen LogP contribution is -2.60. The van der Waals surface area contributed by atoms with E-state index in [9.17, 15) is 0 Å². The minimum Gasteiger partial charge on any atom is -0.455 e. The Hall–Kier alpha value is -9.94. The predicted octanol–water partition coefficient (Wildman–Crippen LogP) is 10.2. The number of nitrogens with zero attached hydrogens (tertiary/aromatic N) is 8. The molecule has 16 rings (SSSR count). The summed E-state index contributed by atoms with van der Waals surface area (Å²) in [6.07, 6.45) is 16.0. The molecule has 12 heterocycles. The normalized spacial score (nSPS) is 15.0. The van der Waals surface area contributed by atoms with Gasteiger partial charge in [0.25, 0.3) is 0 Å². The van der Waals surface area contributed by atoms with Crippen molar-refractivity contribution in [1.82, 2.24) is 0 Å². The van der Waals surface area contributed by atoms with Crippen LogP contribution < -0.4 is 59.9 Å². The molecule has 12 nitrogen and oxygen atoms in total. The first kappa shape index (κ1) is 51.1. The van der Waals surface area contributed by atoms with Crippen LogP contribution in [-0.4, -0.2) is 55.6 Å². The van der Waals surface area contributed by atoms with Gasteiger partial charge in [0.05, 0.1) is 11.4 Å². The predicted molar refractivity (Wildman–Crippen MR) is 370 cm³/mol. The van der Waals surface area contributed by atoms with Gasteiger partial charge in [-0.3, -0.25) is 0 Å². The summed E-state index contributed by atoms with van der Waals surface area (Å²) in [4.78, 5) is 8.78. The molecule has 0 radical (unpaired) electrons. The molecular formula is C73H74B4N8O4+4. The SMILES string of the molecule is Cc1cc[n+](C)c(B2C=Cc3c(oc4ccccc34)N2C)c1.Cc1cc[n+](C)c(B2C=Cc3oc4ccccc4c3N2C)c1.[2H]C([2H])([2H])c1c[n+](C)c(B2C=Cc3oc4ccccc4c3N2C)cc1C.[2H]C([2H])([2H])c1ccc(B2C=Cc3c(oc4ccccc34)N2C)[n+](C)c1. The highest BCUT2D eigenvalue weighted by atomic mass is 16.4. The number of aromatic nitrogens is 4. The van der Waals surface area contributed by atoms with Gasteiger partial charge in [-0.2, -0.15) is 0 Å². The number of fused-ring (bicyclic) bond motifs is 12. The number of hydrogen-bond acceptors (Lipinski definition) is 8. The van der Waals surface area contributed by atoms with Crippen LogP contribution in [0.4, 0.5) is 23.1 Å². The molecule has 12 aromatic rings. The molecule has 0 fully saturated rings. The number of anilines is 4. The standard InChI is InChI=1S/C19H20BN2O.3C18H18BN2O/c1-13-11-18(21(3)12-14(13)2)20-10-9-17-19(22(20)4)15-7-5-6-8-16(15)23-17;1-13-9-11-20(2)17(12-13)19-10-8-15-14-6-4-5-7-16(14)22-18(15)21(19)3;1-13-9-11-20(2)17(12-13)19-10-8-16-18(21(19)3)14-6-4-5-7-15(14)22-16;1-13-8-9-17(20(2)12-13)19-11-10-15-14-6-4-5-7-16(14)22-18(15)21(19)3/h5-12H,1-4H3;3*4-12H,1-3H3/q4*+1/i2D3;;;1D3. The number of rotatable bonds is 4. The summed E-state index contributed by atoms with van der Waals surface area (Å²) in [5.41, 5.74) is 16.7. The Morgan fingerprint density at radius 2 is 0.775 bits per heavy atom. The van der Waals surface area contributed by atoms with Crippen LogP contribution in [0, 0.1) is 34.5 Å². The maximum atomic E-state index is 7.71. The highest BCUT2D eigenvalue weighted by Gasteiger charge is 2.39. The molecule has 4 aromatic carbocycles. The van der Waals surface area contributed by atoms with E-state index in [0.717, 1.165) is 84.4 Å². The number of furan rings is 4. The Morgan fingerprint density at radius 1 is 0.371 bits per heavy atom. The minimum atomic E-state index is -2.11. The fourth-order valence-electron chi connectivity index (χ4n) is 13.0. The molecule has 4 aliphatic rings. The zero-order valence-electron chi connectivity index (χ0n) is 58.2. The van der Waals surface area contributed by atoms with Crippen molar-refractivity contribution in [3.63, 3.8) is 0 Å². The molecule has 4 aliphatic heterocycles. The summed E-state index contributed by atoms with van der Waals surface area (Å²) < 4.78 is 78.0. The van der Waals surface area contributed by atoms with Crippen molar-refractivity contribution in [2.24, 2.45) is 28.2 Å². The Balaban J connectivity index is 0.000000115. The van der Waals surface area contributed by atoms with Crippen LogP contribution in [0.2, 0.25) is 0 Å². The van der Waals surface area contributed by atoms with Crippen molar-refractivity contribution in [3.05, 3.63) is 239 Å². The lowest BCUT2D eigenvalue weighted by molar-refractivity contribution is -0.654. The van der Waals surface area contributed by atoms with Crippen molar-refractivity contribution in [3.8, 4) is 0 Å². The van der Waals surface area contributed by atoms with Crippen molar-refractivity contribution in [2.75, 3.05) is 47.4 Å². The second-order valence-electron chi connectivity index (χ2n) is 23.8. The third-order valence-corrected chi connectivity index (χ3v) is 17.8. The van der Waals surface area contributed by atoms with Gasteiger partial charge in [0.2, 0.25) is 0 Å². The summed E-state index contributed by atoms with van der Waals surface area (Å²) >= 11 is 0. The lowest BCUT2D eigenvalue weighted by atomic mass is 9.55.